The summed E-state index contributed by atoms with van der Waals surface area (Å²) in [5.41, 5.74) is 1.52. The molecule has 1 amide bonds. The third kappa shape index (κ3) is 4.85. The molecule has 1 saturated carbocycles. The number of pyridine rings is 1. The van der Waals surface area contributed by atoms with Crippen LogP contribution in [0, 0.1) is 17.7 Å². The Balaban J connectivity index is 1.21. The maximum Gasteiger partial charge on any atom is 0.407 e. The molecule has 2 N–H and O–H groups in total. The molecule has 6 atom stereocenters. The number of aromatic nitrogens is 5. The molecule has 1 aromatic carbocycles. The Kier molecular flexibility index (Phi) is 7.12. The van der Waals surface area contributed by atoms with Crippen molar-refractivity contribution >= 4 is 45.3 Å². The van der Waals surface area contributed by atoms with Gasteiger partial charge in [0, 0.05) is 54.1 Å². The number of alkyl carbamates (subject to hydrolysis) is 1. The fourth-order valence-corrected chi connectivity index (χ4v) is 8.97. The van der Waals surface area contributed by atoms with Crippen molar-refractivity contribution in [2.75, 3.05) is 51.0 Å². The number of alkyl halides is 2. The van der Waals surface area contributed by atoms with Crippen molar-refractivity contribution in [3.8, 4) is 17.3 Å². The highest BCUT2D eigenvalue weighted by Gasteiger charge is 2.49. The van der Waals surface area contributed by atoms with Gasteiger partial charge in [-0.25, -0.2) is 13.6 Å². The van der Waals surface area contributed by atoms with E-state index in [1.165, 1.54) is 6.20 Å². The van der Waals surface area contributed by atoms with E-state index in [0.29, 0.717) is 52.1 Å². The Hall–Kier alpha value is -3.91. The summed E-state index contributed by atoms with van der Waals surface area (Å²) >= 11 is 6.89. The predicted octanol–water partition coefficient (Wildman–Crippen LogP) is 5.32. The molecule has 3 aromatic heterocycles. The number of nitrogens with zero attached hydrogens (tertiary/aromatic N) is 6. The summed E-state index contributed by atoms with van der Waals surface area (Å²) in [5, 5.41) is 11.4. The van der Waals surface area contributed by atoms with Crippen LogP contribution in [0.3, 0.4) is 0 Å². The van der Waals surface area contributed by atoms with Gasteiger partial charge in [-0.05, 0) is 55.7 Å². The molecule has 15 heteroatoms. The summed E-state index contributed by atoms with van der Waals surface area (Å²) in [6.45, 7) is 1.21. The lowest BCUT2D eigenvalue weighted by atomic mass is 9.94. The van der Waals surface area contributed by atoms with Crippen LogP contribution >= 0.6 is 11.6 Å². The van der Waals surface area contributed by atoms with E-state index in [1.54, 1.807) is 17.2 Å². The van der Waals surface area contributed by atoms with Gasteiger partial charge in [0.25, 0.3) is 0 Å². The van der Waals surface area contributed by atoms with Crippen molar-refractivity contribution in [1.29, 1.82) is 0 Å². The number of hydrogen-bond donors (Lipinski definition) is 2. The van der Waals surface area contributed by atoms with Crippen LogP contribution in [0.15, 0.2) is 18.5 Å². The lowest BCUT2D eigenvalue weighted by Crippen LogP contribution is -2.43. The molecule has 4 fully saturated rings. The number of aromatic amines is 1. The zero-order chi connectivity index (χ0) is 32.7. The number of carbonyl (C=O) groups is 1. The standard InChI is InChI=1S/C33H34ClF3N8O3/c34-22-7-23-20(11-39-43-23)26-25(22)19-6-16(19)2-5-47-32(46)40-24-14-44(12-17(24)9-35)30-21-10-38-29(26)27(37)28(21)41-31(42-30)48-15-33-3-1-4-45(33)13-18(36)8-33/h7,10-11,16-19,24H,1-6,8-9,12-15H2,(H,39,43)(H,40,46)/t16-,17+,18+,19+,24-,33-/m0/s1. The van der Waals surface area contributed by atoms with E-state index in [2.05, 4.69) is 30.4 Å². The van der Waals surface area contributed by atoms with Crippen LogP contribution < -0.4 is 15.0 Å². The lowest BCUT2D eigenvalue weighted by molar-refractivity contribution is 0.107. The van der Waals surface area contributed by atoms with E-state index in [1.807, 2.05) is 0 Å². The molecule has 4 aromatic rings. The van der Waals surface area contributed by atoms with Crippen LogP contribution in [0.25, 0.3) is 33.1 Å². The molecule has 48 heavy (non-hydrogen) atoms. The number of nitrogens with one attached hydrogen (secondary N) is 2. The second-order valence-corrected chi connectivity index (χ2v) is 14.4. The molecule has 6 bridgehead atoms. The second-order valence-electron chi connectivity index (χ2n) is 14.0. The first kappa shape index (κ1) is 30.2. The molecule has 0 radical (unpaired) electrons. The first-order chi connectivity index (χ1) is 23.3. The summed E-state index contributed by atoms with van der Waals surface area (Å²) in [4.78, 5) is 30.8. The highest BCUT2D eigenvalue weighted by atomic mass is 35.5. The minimum absolute atomic E-state index is 0.0108. The van der Waals surface area contributed by atoms with Crippen LogP contribution in [0.5, 0.6) is 6.01 Å². The van der Waals surface area contributed by atoms with Gasteiger partial charge in [0.15, 0.2) is 5.82 Å². The van der Waals surface area contributed by atoms with Crippen molar-refractivity contribution < 1.29 is 27.4 Å². The molecule has 1 aliphatic carbocycles. The number of hydrogen-bond acceptors (Lipinski definition) is 9. The van der Waals surface area contributed by atoms with E-state index in [-0.39, 0.29) is 55.4 Å². The summed E-state index contributed by atoms with van der Waals surface area (Å²) in [6.07, 6.45) is 5.05. The SMILES string of the molecule is O=C1N[C@H]2CN(C[C@H]2CF)c2nc(OC[C@@]34CCCN3C[C@H](F)C4)nc3c(F)c(ncc23)-c2c(c(Cl)cc3[nH]ncc23)[C@@H]2C[C@@H]2CCO1. The van der Waals surface area contributed by atoms with E-state index in [9.17, 15) is 13.6 Å². The zero-order valence-electron chi connectivity index (χ0n) is 26.0. The van der Waals surface area contributed by atoms with Gasteiger partial charge in [0.1, 0.15) is 29.8 Å². The van der Waals surface area contributed by atoms with E-state index in [0.717, 1.165) is 31.4 Å². The maximum atomic E-state index is 17.1. The molecular weight excluding hydrogens is 649 g/mol. The van der Waals surface area contributed by atoms with Crippen molar-refractivity contribution in [3.05, 3.63) is 34.9 Å². The lowest BCUT2D eigenvalue weighted by Gasteiger charge is -2.31. The number of fused-ring (bicyclic) bond motifs is 7. The molecule has 3 saturated heterocycles. The Bertz CT molecular complexity index is 1950. The summed E-state index contributed by atoms with van der Waals surface area (Å²) in [6, 6.07) is 1.16. The van der Waals surface area contributed by atoms with Gasteiger partial charge in [0.2, 0.25) is 0 Å². The molecule has 6 aliphatic rings. The molecule has 11 nitrogen and oxygen atoms in total. The fourth-order valence-electron chi connectivity index (χ4n) is 8.62. The van der Waals surface area contributed by atoms with Crippen LogP contribution in [-0.4, -0.2) is 100.0 Å². The Labute approximate surface area is 278 Å². The highest BCUT2D eigenvalue weighted by molar-refractivity contribution is 6.33. The molecular formula is C33H34ClF3N8O3. The van der Waals surface area contributed by atoms with E-state index < -0.39 is 42.3 Å². The number of benzene rings is 1. The van der Waals surface area contributed by atoms with Gasteiger partial charge in [-0.1, -0.05) is 11.6 Å². The first-order valence-corrected chi connectivity index (χ1v) is 17.0. The maximum absolute atomic E-state index is 17.1. The number of halogens is 4. The molecule has 8 heterocycles. The molecule has 0 unspecified atom stereocenters. The molecule has 5 aliphatic heterocycles. The van der Waals surface area contributed by atoms with E-state index >= 15 is 4.39 Å². The normalized spacial score (nSPS) is 30.0. The topological polar surface area (TPSA) is 121 Å². The Morgan fingerprint density at radius 1 is 1.19 bits per heavy atom. The quantitative estimate of drug-likeness (QED) is 0.295. The van der Waals surface area contributed by atoms with Crippen molar-refractivity contribution in [3.63, 3.8) is 0 Å². The summed E-state index contributed by atoms with van der Waals surface area (Å²) in [7, 11) is 0. The third-order valence-corrected chi connectivity index (χ3v) is 11.4. The van der Waals surface area contributed by atoms with Crippen LogP contribution in [0.1, 0.15) is 43.6 Å². The van der Waals surface area contributed by atoms with Crippen LogP contribution in [-0.2, 0) is 4.74 Å². The third-order valence-electron chi connectivity index (χ3n) is 11.1. The monoisotopic (exact) mass is 682 g/mol. The number of amides is 1. The summed E-state index contributed by atoms with van der Waals surface area (Å²) in [5.74, 6) is -0.770. The van der Waals surface area contributed by atoms with Gasteiger partial charge in [-0.15, -0.1) is 0 Å². The van der Waals surface area contributed by atoms with Gasteiger partial charge < -0.3 is 19.7 Å². The average Bonchev–Trinajstić information content (AvgIpc) is 3.41. The number of anilines is 1. The number of rotatable bonds is 4. The highest BCUT2D eigenvalue weighted by Crippen LogP contribution is 2.56. The zero-order valence-corrected chi connectivity index (χ0v) is 26.8. The minimum Gasteiger partial charge on any atom is -0.461 e. The second kappa shape index (κ2) is 11.3. The smallest absolute Gasteiger partial charge is 0.407 e. The van der Waals surface area contributed by atoms with Crippen LogP contribution in [0.2, 0.25) is 5.02 Å². The fraction of sp³-hybridized carbons (Fsp3) is 0.545. The van der Waals surface area contributed by atoms with Gasteiger partial charge >= 0.3 is 12.1 Å². The number of ether oxygens (including phenoxy) is 2. The van der Waals surface area contributed by atoms with E-state index in [4.69, 9.17) is 26.1 Å². The Morgan fingerprint density at radius 3 is 2.96 bits per heavy atom. The minimum atomic E-state index is -0.944. The molecule has 0 spiro atoms. The number of H-pyrrole nitrogens is 1. The predicted molar refractivity (Wildman–Crippen MR) is 171 cm³/mol. The van der Waals surface area contributed by atoms with Crippen molar-refractivity contribution in [2.24, 2.45) is 11.8 Å². The molecule has 10 rings (SSSR count). The average molecular weight is 683 g/mol. The van der Waals surface area contributed by atoms with Gasteiger partial charge in [0.05, 0.1) is 42.0 Å². The Morgan fingerprint density at radius 2 is 2.08 bits per heavy atom. The van der Waals surface area contributed by atoms with Crippen molar-refractivity contribution in [1.82, 2.24) is 35.4 Å². The van der Waals surface area contributed by atoms with Gasteiger partial charge in [-0.2, -0.15) is 15.1 Å². The molecule has 252 valence electrons. The van der Waals surface area contributed by atoms with Gasteiger partial charge in [-0.3, -0.25) is 19.4 Å². The largest absolute Gasteiger partial charge is 0.461 e. The first-order valence-electron chi connectivity index (χ1n) is 16.6. The van der Waals surface area contributed by atoms with Crippen LogP contribution in [0.4, 0.5) is 23.8 Å². The van der Waals surface area contributed by atoms with Crippen molar-refractivity contribution in [2.45, 2.75) is 55.8 Å². The summed E-state index contributed by atoms with van der Waals surface area (Å²) < 4.78 is 57.8. The number of carbonyl (C=O) groups excluding carboxylic acids is 1.